The second kappa shape index (κ2) is 8.77. The highest BCUT2D eigenvalue weighted by Crippen LogP contribution is 2.25. The third-order valence-corrected chi connectivity index (χ3v) is 3.11. The number of halogens is 2. The third kappa shape index (κ3) is 6.59. The van der Waals surface area contributed by atoms with E-state index in [0.29, 0.717) is 41.2 Å². The minimum atomic E-state index is -0.670. The average Bonchev–Trinajstić information content (AvgIpc) is 2.36. The van der Waals surface area contributed by atoms with Gasteiger partial charge in [-0.1, -0.05) is 37.0 Å². The van der Waals surface area contributed by atoms with Crippen molar-refractivity contribution in [3.63, 3.8) is 0 Å². The second-order valence-electron chi connectivity index (χ2n) is 4.85. The smallest absolute Gasteiger partial charge is 0.0929 e. The van der Waals surface area contributed by atoms with Crippen LogP contribution in [0.3, 0.4) is 0 Å². The van der Waals surface area contributed by atoms with E-state index in [9.17, 15) is 5.11 Å². The molecule has 0 spiro atoms. The Morgan fingerprint density at radius 2 is 2.05 bits per heavy atom. The number of rotatable bonds is 8. The number of benzene rings is 1. The summed E-state index contributed by atoms with van der Waals surface area (Å²) in [5, 5.41) is 14.2. The van der Waals surface area contributed by atoms with E-state index in [1.807, 2.05) is 0 Å². The lowest BCUT2D eigenvalue weighted by Gasteiger charge is -2.14. The number of hydrogen-bond acceptors (Lipinski definition) is 3. The summed E-state index contributed by atoms with van der Waals surface area (Å²) < 4.78 is 5.43. The predicted molar refractivity (Wildman–Crippen MR) is 79.9 cm³/mol. The van der Waals surface area contributed by atoms with E-state index in [2.05, 4.69) is 19.2 Å². The normalized spacial score (nSPS) is 12.9. The first-order valence-electron chi connectivity index (χ1n) is 6.42. The van der Waals surface area contributed by atoms with Gasteiger partial charge in [-0.15, -0.1) is 0 Å². The van der Waals surface area contributed by atoms with Crippen molar-refractivity contribution in [1.82, 2.24) is 5.32 Å². The third-order valence-electron chi connectivity index (χ3n) is 2.53. The molecule has 3 nitrogen and oxygen atoms in total. The van der Waals surface area contributed by atoms with Gasteiger partial charge in [-0.05, 0) is 24.1 Å². The maximum atomic E-state index is 10.0. The van der Waals surface area contributed by atoms with E-state index in [1.54, 1.807) is 18.2 Å². The highest BCUT2D eigenvalue weighted by Gasteiger charge is 2.11. The van der Waals surface area contributed by atoms with Crippen LogP contribution >= 0.6 is 23.2 Å². The van der Waals surface area contributed by atoms with Crippen LogP contribution in [0.25, 0.3) is 0 Å². The van der Waals surface area contributed by atoms with Crippen LogP contribution < -0.4 is 5.32 Å². The van der Waals surface area contributed by atoms with Crippen LogP contribution in [0, 0.1) is 5.92 Å². The van der Waals surface area contributed by atoms with Crippen molar-refractivity contribution in [3.05, 3.63) is 33.8 Å². The monoisotopic (exact) mass is 305 g/mol. The largest absolute Gasteiger partial charge is 0.387 e. The van der Waals surface area contributed by atoms with Gasteiger partial charge < -0.3 is 15.2 Å². The molecule has 1 unspecified atom stereocenters. The average molecular weight is 306 g/mol. The topological polar surface area (TPSA) is 41.5 Å². The van der Waals surface area contributed by atoms with E-state index >= 15 is 0 Å². The standard InChI is InChI=1S/C14H21Cl2NO2/c1-10(2)9-19-6-5-17-8-14(18)12-7-11(15)3-4-13(12)16/h3-4,7,10,14,17-18H,5-6,8-9H2,1-2H3. The Kier molecular flexibility index (Phi) is 7.73. The molecule has 0 aliphatic heterocycles. The van der Waals surface area contributed by atoms with Gasteiger partial charge in [-0.2, -0.15) is 0 Å². The molecule has 2 N–H and O–H groups in total. The fraction of sp³-hybridized carbons (Fsp3) is 0.571. The lowest BCUT2D eigenvalue weighted by Crippen LogP contribution is -2.26. The van der Waals surface area contributed by atoms with Gasteiger partial charge in [-0.25, -0.2) is 0 Å². The Labute approximate surface area is 124 Å². The highest BCUT2D eigenvalue weighted by atomic mass is 35.5. The highest BCUT2D eigenvalue weighted by molar-refractivity contribution is 6.33. The number of nitrogens with one attached hydrogen (secondary N) is 1. The summed E-state index contributed by atoms with van der Waals surface area (Å²) in [5.74, 6) is 0.538. The van der Waals surface area contributed by atoms with Crippen molar-refractivity contribution in [2.45, 2.75) is 20.0 Å². The molecule has 0 aromatic heterocycles. The summed E-state index contributed by atoms with van der Waals surface area (Å²) in [6.07, 6.45) is -0.670. The second-order valence-corrected chi connectivity index (χ2v) is 5.70. The number of hydrogen-bond donors (Lipinski definition) is 2. The zero-order valence-electron chi connectivity index (χ0n) is 11.3. The molecule has 0 radical (unpaired) electrons. The van der Waals surface area contributed by atoms with E-state index < -0.39 is 6.10 Å². The Bertz CT molecular complexity index is 386. The quantitative estimate of drug-likeness (QED) is 0.724. The van der Waals surface area contributed by atoms with Gasteiger partial charge in [0.15, 0.2) is 0 Å². The SMILES string of the molecule is CC(C)COCCNCC(O)c1cc(Cl)ccc1Cl. The fourth-order valence-electron chi connectivity index (χ4n) is 1.58. The van der Waals surface area contributed by atoms with Crippen molar-refractivity contribution < 1.29 is 9.84 Å². The van der Waals surface area contributed by atoms with Crippen LogP contribution in [0.1, 0.15) is 25.5 Å². The molecule has 0 bridgehead atoms. The Morgan fingerprint density at radius 3 is 2.74 bits per heavy atom. The van der Waals surface area contributed by atoms with Crippen LogP contribution in [0.4, 0.5) is 0 Å². The first-order valence-corrected chi connectivity index (χ1v) is 7.17. The number of aliphatic hydroxyl groups excluding tert-OH is 1. The fourth-order valence-corrected chi connectivity index (χ4v) is 2.01. The minimum absolute atomic E-state index is 0.422. The van der Waals surface area contributed by atoms with Crippen LogP contribution in [0.5, 0.6) is 0 Å². The first-order chi connectivity index (χ1) is 9.00. The summed E-state index contributed by atoms with van der Waals surface area (Å²) in [6.45, 7) is 6.72. The van der Waals surface area contributed by atoms with Gasteiger partial charge in [0.2, 0.25) is 0 Å². The number of aliphatic hydroxyl groups is 1. The van der Waals surface area contributed by atoms with Crippen molar-refractivity contribution in [2.24, 2.45) is 5.92 Å². The van der Waals surface area contributed by atoms with Gasteiger partial charge in [0.1, 0.15) is 0 Å². The molecular formula is C14H21Cl2NO2. The molecule has 0 amide bonds. The Balaban J connectivity index is 2.27. The molecule has 0 fully saturated rings. The predicted octanol–water partition coefficient (Wildman–Crippen LogP) is 3.29. The molecular weight excluding hydrogens is 285 g/mol. The van der Waals surface area contributed by atoms with Crippen LogP contribution in [-0.2, 0) is 4.74 Å². The molecule has 0 aliphatic rings. The summed E-state index contributed by atoms with van der Waals surface area (Å²) in [5.41, 5.74) is 0.643. The summed E-state index contributed by atoms with van der Waals surface area (Å²) >= 11 is 11.9. The molecule has 1 rings (SSSR count). The molecule has 0 aliphatic carbocycles. The Morgan fingerprint density at radius 1 is 1.32 bits per heavy atom. The summed E-state index contributed by atoms with van der Waals surface area (Å²) in [7, 11) is 0. The zero-order chi connectivity index (χ0) is 14.3. The van der Waals surface area contributed by atoms with Crippen molar-refractivity contribution >= 4 is 23.2 Å². The molecule has 1 atom stereocenters. The number of ether oxygens (including phenoxy) is 1. The van der Waals surface area contributed by atoms with E-state index in [4.69, 9.17) is 27.9 Å². The van der Waals surface area contributed by atoms with Crippen molar-refractivity contribution in [3.8, 4) is 0 Å². The van der Waals surface area contributed by atoms with Gasteiger partial charge in [0.05, 0.1) is 12.7 Å². The minimum Gasteiger partial charge on any atom is -0.387 e. The molecule has 1 aromatic carbocycles. The van der Waals surface area contributed by atoms with Gasteiger partial charge in [-0.3, -0.25) is 0 Å². The Hall–Kier alpha value is -0.320. The molecule has 0 saturated carbocycles. The van der Waals surface area contributed by atoms with Crippen LogP contribution in [-0.4, -0.2) is 31.4 Å². The lowest BCUT2D eigenvalue weighted by atomic mass is 10.1. The van der Waals surface area contributed by atoms with Gasteiger partial charge in [0.25, 0.3) is 0 Å². The molecule has 5 heteroatoms. The first kappa shape index (κ1) is 16.7. The molecule has 1 aromatic rings. The molecule has 0 heterocycles. The van der Waals surface area contributed by atoms with Crippen molar-refractivity contribution in [1.29, 1.82) is 0 Å². The van der Waals surface area contributed by atoms with Crippen LogP contribution in [0.15, 0.2) is 18.2 Å². The maximum absolute atomic E-state index is 10.0. The van der Waals surface area contributed by atoms with E-state index in [0.717, 1.165) is 6.61 Å². The lowest BCUT2D eigenvalue weighted by molar-refractivity contribution is 0.107. The maximum Gasteiger partial charge on any atom is 0.0929 e. The summed E-state index contributed by atoms with van der Waals surface area (Å²) in [4.78, 5) is 0. The van der Waals surface area contributed by atoms with Crippen LogP contribution in [0.2, 0.25) is 10.0 Å². The van der Waals surface area contributed by atoms with Gasteiger partial charge >= 0.3 is 0 Å². The molecule has 108 valence electrons. The van der Waals surface area contributed by atoms with E-state index in [1.165, 1.54) is 0 Å². The zero-order valence-corrected chi connectivity index (χ0v) is 12.8. The summed E-state index contributed by atoms with van der Waals surface area (Å²) in [6, 6.07) is 5.08. The van der Waals surface area contributed by atoms with E-state index in [-0.39, 0.29) is 0 Å². The van der Waals surface area contributed by atoms with Crippen molar-refractivity contribution in [2.75, 3.05) is 26.3 Å². The molecule has 0 saturated heterocycles. The van der Waals surface area contributed by atoms with Gasteiger partial charge in [0, 0.05) is 35.3 Å². The molecule has 19 heavy (non-hydrogen) atoms.